The van der Waals surface area contributed by atoms with Crippen LogP contribution >= 0.6 is 0 Å². The van der Waals surface area contributed by atoms with Crippen molar-refractivity contribution in [1.82, 2.24) is 4.90 Å². The van der Waals surface area contributed by atoms with E-state index in [9.17, 15) is 4.79 Å². The van der Waals surface area contributed by atoms with Crippen LogP contribution in [0.1, 0.15) is 86.9 Å². The van der Waals surface area contributed by atoms with Gasteiger partial charge in [0.1, 0.15) is 5.75 Å². The molecule has 1 aliphatic heterocycles. The first-order valence-corrected chi connectivity index (χ1v) is 14.9. The second kappa shape index (κ2) is 9.37. The predicted octanol–water partition coefficient (Wildman–Crippen LogP) is 6.74. The fourth-order valence-electron chi connectivity index (χ4n) is 9.55. The van der Waals surface area contributed by atoms with Gasteiger partial charge in [0.25, 0.3) is 5.91 Å². The first kappa shape index (κ1) is 24.1. The number of nitrogens with one attached hydrogen (secondary N) is 1. The molecule has 1 heterocycles. The third-order valence-corrected chi connectivity index (χ3v) is 10.7. The Morgan fingerprint density at radius 2 is 1.66 bits per heavy atom. The lowest BCUT2D eigenvalue weighted by Crippen LogP contribution is -2.54. The van der Waals surface area contributed by atoms with Gasteiger partial charge in [-0.05, 0) is 128 Å². The molecule has 4 bridgehead atoms. The van der Waals surface area contributed by atoms with Crippen LogP contribution in [0.4, 0.5) is 5.69 Å². The standard InChI is InChI=1S/C34H40N2O2/c1-3-32(37)36-31(25-6-4-5-7-25)18-27-17-29(38-2)12-13-30(27)33(36)26-8-10-28(11-9-26)35-34-19-22-14-23(20-34)16-24(15-22)21-34/h1,8-13,17,22-25,31,33,35H,4-7,14-16,18-21H2,2H3/t22?,23?,24?,31-,33+,34?/m1/s1. The number of methoxy groups -OCH3 is 1. The Labute approximate surface area is 227 Å². The number of benzene rings is 2. The molecule has 1 amide bonds. The van der Waals surface area contributed by atoms with Gasteiger partial charge < -0.3 is 15.0 Å². The van der Waals surface area contributed by atoms with Crippen LogP contribution in [0.2, 0.25) is 0 Å². The maximum Gasteiger partial charge on any atom is 0.299 e. The fraction of sp³-hybridized carbons (Fsp3) is 0.559. The van der Waals surface area contributed by atoms with Gasteiger partial charge in [0.05, 0.1) is 13.2 Å². The van der Waals surface area contributed by atoms with Gasteiger partial charge in [-0.15, -0.1) is 6.42 Å². The molecule has 5 aliphatic carbocycles. The molecule has 38 heavy (non-hydrogen) atoms. The molecule has 4 heteroatoms. The van der Waals surface area contributed by atoms with E-state index in [1.54, 1.807) is 7.11 Å². The molecule has 5 saturated carbocycles. The molecule has 0 spiro atoms. The summed E-state index contributed by atoms with van der Waals surface area (Å²) in [5.41, 5.74) is 5.08. The van der Waals surface area contributed by atoms with Crippen molar-refractivity contribution in [1.29, 1.82) is 0 Å². The van der Waals surface area contributed by atoms with Gasteiger partial charge in [-0.25, -0.2) is 0 Å². The van der Waals surface area contributed by atoms with E-state index in [1.165, 1.54) is 81.0 Å². The summed E-state index contributed by atoms with van der Waals surface area (Å²) in [4.78, 5) is 15.4. The molecule has 2 aromatic carbocycles. The highest BCUT2D eigenvalue weighted by Gasteiger charge is 2.51. The lowest BCUT2D eigenvalue weighted by Gasteiger charge is -2.57. The second-order valence-electron chi connectivity index (χ2n) is 13.1. The maximum absolute atomic E-state index is 13.4. The van der Waals surface area contributed by atoms with Crippen LogP contribution in [0, 0.1) is 36.0 Å². The van der Waals surface area contributed by atoms with Crippen molar-refractivity contribution in [3.05, 3.63) is 59.2 Å². The number of amides is 1. The maximum atomic E-state index is 13.4. The van der Waals surface area contributed by atoms with Crippen molar-refractivity contribution in [3.63, 3.8) is 0 Å². The van der Waals surface area contributed by atoms with Crippen molar-refractivity contribution >= 4 is 11.6 Å². The Balaban J connectivity index is 1.23. The van der Waals surface area contributed by atoms with E-state index in [0.29, 0.717) is 5.92 Å². The molecule has 0 aromatic heterocycles. The zero-order valence-corrected chi connectivity index (χ0v) is 22.6. The zero-order valence-electron chi connectivity index (χ0n) is 22.6. The van der Waals surface area contributed by atoms with Gasteiger partial charge in [0.2, 0.25) is 0 Å². The summed E-state index contributed by atoms with van der Waals surface area (Å²) in [5, 5.41) is 4.02. The number of carbonyl (C=O) groups is 1. The monoisotopic (exact) mass is 508 g/mol. The van der Waals surface area contributed by atoms with Crippen molar-refractivity contribution < 1.29 is 9.53 Å². The largest absolute Gasteiger partial charge is 0.497 e. The SMILES string of the molecule is C#CC(=O)N1[C@@H](c2ccc(NC34CC5CC(CC(C5)C3)C4)cc2)c2ccc(OC)cc2C[C@@H]1C1CCCC1. The minimum absolute atomic E-state index is 0.121. The van der Waals surface area contributed by atoms with Gasteiger partial charge in [0, 0.05) is 17.3 Å². The molecule has 5 fully saturated rings. The van der Waals surface area contributed by atoms with Crippen molar-refractivity contribution in [2.24, 2.45) is 23.7 Å². The van der Waals surface area contributed by atoms with Crippen LogP contribution in [0.5, 0.6) is 5.75 Å². The molecule has 2 aromatic rings. The molecule has 0 unspecified atom stereocenters. The number of rotatable bonds is 5. The van der Waals surface area contributed by atoms with Crippen molar-refractivity contribution in [2.75, 3.05) is 12.4 Å². The molecule has 2 atom stereocenters. The average Bonchev–Trinajstić information content (AvgIpc) is 3.46. The Hall–Kier alpha value is -2.93. The Morgan fingerprint density at radius 3 is 2.26 bits per heavy atom. The summed E-state index contributed by atoms with van der Waals surface area (Å²) < 4.78 is 5.59. The fourth-order valence-corrected chi connectivity index (χ4v) is 9.55. The summed E-state index contributed by atoms with van der Waals surface area (Å²) in [6, 6.07) is 15.2. The van der Waals surface area contributed by atoms with E-state index in [4.69, 9.17) is 11.2 Å². The molecule has 198 valence electrons. The minimum Gasteiger partial charge on any atom is -0.497 e. The topological polar surface area (TPSA) is 41.6 Å². The third-order valence-electron chi connectivity index (χ3n) is 10.7. The first-order valence-electron chi connectivity index (χ1n) is 14.9. The van der Waals surface area contributed by atoms with E-state index < -0.39 is 0 Å². The van der Waals surface area contributed by atoms with E-state index in [0.717, 1.165) is 35.5 Å². The van der Waals surface area contributed by atoms with Crippen molar-refractivity contribution in [3.8, 4) is 18.1 Å². The summed E-state index contributed by atoms with van der Waals surface area (Å²) in [6.45, 7) is 0. The minimum atomic E-state index is -0.191. The molecule has 0 radical (unpaired) electrons. The lowest BCUT2D eigenvalue weighted by molar-refractivity contribution is -0.131. The number of anilines is 1. The number of hydrogen-bond acceptors (Lipinski definition) is 3. The number of terminal acetylenes is 1. The molecule has 4 nitrogen and oxygen atoms in total. The predicted molar refractivity (Wildman–Crippen MR) is 151 cm³/mol. The number of carbonyl (C=O) groups excluding carboxylic acids is 1. The second-order valence-corrected chi connectivity index (χ2v) is 13.1. The highest BCUT2D eigenvalue weighted by atomic mass is 16.5. The zero-order chi connectivity index (χ0) is 25.9. The molecular formula is C34H40N2O2. The first-order chi connectivity index (χ1) is 18.5. The molecule has 8 rings (SSSR count). The van der Waals surface area contributed by atoms with Gasteiger partial charge in [-0.3, -0.25) is 4.79 Å². The highest BCUT2D eigenvalue weighted by molar-refractivity contribution is 5.94. The van der Waals surface area contributed by atoms with E-state index >= 15 is 0 Å². The number of ether oxygens (including phenoxy) is 1. The van der Waals surface area contributed by atoms with Gasteiger partial charge in [-0.2, -0.15) is 0 Å². The van der Waals surface area contributed by atoms with Crippen LogP contribution in [0.3, 0.4) is 0 Å². The van der Waals surface area contributed by atoms with Crippen LogP contribution in [0.15, 0.2) is 42.5 Å². The smallest absolute Gasteiger partial charge is 0.299 e. The van der Waals surface area contributed by atoms with Crippen LogP contribution in [0.25, 0.3) is 0 Å². The number of fused-ring (bicyclic) bond motifs is 1. The van der Waals surface area contributed by atoms with Gasteiger partial charge in [-0.1, -0.05) is 31.0 Å². The highest BCUT2D eigenvalue weighted by Crippen LogP contribution is 2.56. The normalized spacial score (nSPS) is 33.6. The summed E-state index contributed by atoms with van der Waals surface area (Å²) in [6.07, 6.45) is 19.8. The summed E-state index contributed by atoms with van der Waals surface area (Å²) in [7, 11) is 1.72. The Bertz CT molecular complexity index is 1220. The number of nitrogens with zero attached hydrogens (tertiary/aromatic N) is 1. The lowest BCUT2D eigenvalue weighted by atomic mass is 9.53. The molecular weight excluding hydrogens is 468 g/mol. The van der Waals surface area contributed by atoms with Gasteiger partial charge >= 0.3 is 0 Å². The van der Waals surface area contributed by atoms with E-state index in [2.05, 4.69) is 47.6 Å². The molecule has 6 aliphatic rings. The van der Waals surface area contributed by atoms with E-state index in [-0.39, 0.29) is 23.5 Å². The molecule has 0 saturated heterocycles. The third kappa shape index (κ3) is 4.10. The quantitative estimate of drug-likeness (QED) is 0.455. The average molecular weight is 509 g/mol. The summed E-state index contributed by atoms with van der Waals surface area (Å²) in [5.74, 6) is 6.41. The molecule has 1 N–H and O–H groups in total. The Kier molecular flexibility index (Phi) is 5.95. The van der Waals surface area contributed by atoms with Crippen molar-refractivity contribution in [2.45, 2.75) is 88.3 Å². The Morgan fingerprint density at radius 1 is 1.00 bits per heavy atom. The van der Waals surface area contributed by atoms with Crippen LogP contribution in [-0.2, 0) is 11.2 Å². The van der Waals surface area contributed by atoms with Gasteiger partial charge in [0.15, 0.2) is 0 Å². The van der Waals surface area contributed by atoms with Crippen LogP contribution in [-0.4, -0.2) is 29.5 Å². The summed E-state index contributed by atoms with van der Waals surface area (Å²) >= 11 is 0. The number of hydrogen-bond donors (Lipinski definition) is 1. The van der Waals surface area contributed by atoms with Crippen LogP contribution < -0.4 is 10.1 Å². The van der Waals surface area contributed by atoms with E-state index in [1.807, 2.05) is 11.0 Å².